The van der Waals surface area contributed by atoms with Crippen LogP contribution in [-0.2, 0) is 11.3 Å². The smallest absolute Gasteiger partial charge is 0.119 e. The summed E-state index contributed by atoms with van der Waals surface area (Å²) in [4.78, 5) is 0. The van der Waals surface area contributed by atoms with E-state index < -0.39 is 0 Å². The van der Waals surface area contributed by atoms with Crippen molar-refractivity contribution in [2.75, 3.05) is 19.5 Å². The van der Waals surface area contributed by atoms with E-state index in [0.29, 0.717) is 12.0 Å². The number of thiol groups is 1. The van der Waals surface area contributed by atoms with Crippen molar-refractivity contribution in [3.8, 4) is 5.75 Å². The largest absolute Gasteiger partial charge is 0.493 e. The molecule has 100 valence electrons. The lowest BCUT2D eigenvalue weighted by atomic mass is 9.90. The first-order valence-electron chi connectivity index (χ1n) is 6.60. The summed E-state index contributed by atoms with van der Waals surface area (Å²) in [5, 5.41) is 0. The van der Waals surface area contributed by atoms with Gasteiger partial charge in [-0.3, -0.25) is 0 Å². The van der Waals surface area contributed by atoms with Gasteiger partial charge in [0.05, 0.1) is 13.2 Å². The molecule has 0 unspecified atom stereocenters. The minimum absolute atomic E-state index is 0.292. The van der Waals surface area contributed by atoms with Crippen molar-refractivity contribution in [3.05, 3.63) is 29.8 Å². The lowest BCUT2D eigenvalue weighted by Crippen LogP contribution is -2.27. The van der Waals surface area contributed by atoms with Crippen LogP contribution in [0.25, 0.3) is 0 Å². The minimum Gasteiger partial charge on any atom is -0.493 e. The van der Waals surface area contributed by atoms with Crippen molar-refractivity contribution in [3.63, 3.8) is 0 Å². The Kier molecular flexibility index (Phi) is 4.95. The number of hydrogen-bond acceptors (Lipinski definition) is 3. The second-order valence-corrected chi connectivity index (χ2v) is 5.55. The maximum Gasteiger partial charge on any atom is 0.119 e. The molecule has 0 aromatic heterocycles. The Morgan fingerprint density at radius 2 is 2.06 bits per heavy atom. The van der Waals surface area contributed by atoms with Gasteiger partial charge < -0.3 is 9.47 Å². The zero-order chi connectivity index (χ0) is 12.8. The summed E-state index contributed by atoms with van der Waals surface area (Å²) in [6.45, 7) is 1.42. The molecule has 0 aliphatic heterocycles. The van der Waals surface area contributed by atoms with E-state index in [0.717, 1.165) is 23.7 Å². The topological polar surface area (TPSA) is 18.5 Å². The molecule has 0 atom stereocenters. The number of hydrogen-bond donors (Lipinski definition) is 1. The van der Waals surface area contributed by atoms with Gasteiger partial charge in [-0.25, -0.2) is 0 Å². The van der Waals surface area contributed by atoms with Gasteiger partial charge in [-0.05, 0) is 36.3 Å². The zero-order valence-corrected chi connectivity index (χ0v) is 11.9. The summed E-state index contributed by atoms with van der Waals surface area (Å²) >= 11 is 4.50. The molecule has 1 saturated carbocycles. The Labute approximate surface area is 115 Å². The molecule has 0 saturated heterocycles. The number of rotatable bonds is 6. The van der Waals surface area contributed by atoms with Crippen molar-refractivity contribution in [1.82, 2.24) is 0 Å². The minimum atomic E-state index is 0.292. The molecule has 1 aromatic rings. The quantitative estimate of drug-likeness (QED) is 0.791. The van der Waals surface area contributed by atoms with E-state index >= 15 is 0 Å². The van der Waals surface area contributed by atoms with Crippen LogP contribution in [0.4, 0.5) is 0 Å². The van der Waals surface area contributed by atoms with E-state index in [1.54, 1.807) is 7.11 Å². The molecule has 0 spiro atoms. The van der Waals surface area contributed by atoms with Gasteiger partial charge in [0, 0.05) is 12.5 Å². The Hall–Kier alpha value is -0.670. The predicted octanol–water partition coefficient (Wildman–Crippen LogP) is 3.70. The summed E-state index contributed by atoms with van der Waals surface area (Å²) in [5.74, 6) is 1.86. The molecule has 2 nitrogen and oxygen atoms in total. The van der Waals surface area contributed by atoms with Crippen LogP contribution in [0.3, 0.4) is 0 Å². The van der Waals surface area contributed by atoms with Crippen LogP contribution in [0.15, 0.2) is 24.3 Å². The Morgan fingerprint density at radius 1 is 1.28 bits per heavy atom. The SMILES string of the molecule is COCc1cccc(OCC2(CS)CCCC2)c1. The molecule has 3 heteroatoms. The van der Waals surface area contributed by atoms with Crippen LogP contribution in [-0.4, -0.2) is 19.5 Å². The van der Waals surface area contributed by atoms with E-state index in [-0.39, 0.29) is 0 Å². The molecular formula is C15H22O2S. The normalized spacial score (nSPS) is 17.9. The van der Waals surface area contributed by atoms with Crippen molar-refractivity contribution in [2.24, 2.45) is 5.41 Å². The Bertz CT molecular complexity index is 373. The molecule has 1 fully saturated rings. The van der Waals surface area contributed by atoms with Crippen LogP contribution in [0.5, 0.6) is 5.75 Å². The third-order valence-corrected chi connectivity index (χ3v) is 4.42. The van der Waals surface area contributed by atoms with Gasteiger partial charge in [0.1, 0.15) is 5.75 Å². The number of methoxy groups -OCH3 is 1. The summed E-state index contributed by atoms with van der Waals surface area (Å²) in [5.41, 5.74) is 1.45. The Morgan fingerprint density at radius 3 is 2.72 bits per heavy atom. The first-order chi connectivity index (χ1) is 8.78. The Balaban J connectivity index is 1.94. The standard InChI is InChI=1S/C15H22O2S/c1-16-10-13-5-4-6-14(9-13)17-11-15(12-18)7-2-3-8-15/h4-6,9,18H,2-3,7-8,10-12H2,1H3. The monoisotopic (exact) mass is 266 g/mol. The average molecular weight is 266 g/mol. The van der Waals surface area contributed by atoms with Crippen LogP contribution < -0.4 is 4.74 Å². The second-order valence-electron chi connectivity index (χ2n) is 5.23. The second kappa shape index (κ2) is 6.48. The van der Waals surface area contributed by atoms with Gasteiger partial charge in [0.15, 0.2) is 0 Å². The van der Waals surface area contributed by atoms with Crippen molar-refractivity contribution >= 4 is 12.6 Å². The lowest BCUT2D eigenvalue weighted by molar-refractivity contribution is 0.170. The summed E-state index contributed by atoms with van der Waals surface area (Å²) in [6, 6.07) is 8.15. The van der Waals surface area contributed by atoms with E-state index in [4.69, 9.17) is 9.47 Å². The maximum absolute atomic E-state index is 5.97. The van der Waals surface area contributed by atoms with Gasteiger partial charge in [0.25, 0.3) is 0 Å². The molecule has 0 bridgehead atoms. The maximum atomic E-state index is 5.97. The van der Waals surface area contributed by atoms with Gasteiger partial charge in [-0.1, -0.05) is 25.0 Å². The van der Waals surface area contributed by atoms with E-state index in [9.17, 15) is 0 Å². The van der Waals surface area contributed by atoms with Gasteiger partial charge in [-0.2, -0.15) is 12.6 Å². The molecule has 18 heavy (non-hydrogen) atoms. The zero-order valence-electron chi connectivity index (χ0n) is 11.0. The highest BCUT2D eigenvalue weighted by molar-refractivity contribution is 7.80. The third kappa shape index (κ3) is 3.42. The van der Waals surface area contributed by atoms with Crippen molar-refractivity contribution in [1.29, 1.82) is 0 Å². The summed E-state index contributed by atoms with van der Waals surface area (Å²) in [7, 11) is 1.71. The highest BCUT2D eigenvalue weighted by atomic mass is 32.1. The molecule has 0 amide bonds. The van der Waals surface area contributed by atoms with Crippen LogP contribution in [0.1, 0.15) is 31.2 Å². The molecule has 0 N–H and O–H groups in total. The molecule has 0 heterocycles. The van der Waals surface area contributed by atoms with Crippen molar-refractivity contribution in [2.45, 2.75) is 32.3 Å². The average Bonchev–Trinajstić information content (AvgIpc) is 2.87. The summed E-state index contributed by atoms with van der Waals surface area (Å²) < 4.78 is 11.1. The molecule has 2 rings (SSSR count). The highest BCUT2D eigenvalue weighted by Crippen LogP contribution is 2.39. The molecule has 1 aromatic carbocycles. The van der Waals surface area contributed by atoms with Crippen LogP contribution >= 0.6 is 12.6 Å². The molecular weight excluding hydrogens is 244 g/mol. The first kappa shape index (κ1) is 13.8. The lowest BCUT2D eigenvalue weighted by Gasteiger charge is -2.26. The van der Waals surface area contributed by atoms with Crippen molar-refractivity contribution < 1.29 is 9.47 Å². The van der Waals surface area contributed by atoms with E-state index in [2.05, 4.69) is 24.8 Å². The third-order valence-electron chi connectivity index (χ3n) is 3.75. The fourth-order valence-electron chi connectivity index (χ4n) is 2.60. The van der Waals surface area contributed by atoms with E-state index in [1.165, 1.54) is 25.7 Å². The molecule has 1 aliphatic carbocycles. The van der Waals surface area contributed by atoms with E-state index in [1.807, 2.05) is 12.1 Å². The fraction of sp³-hybridized carbons (Fsp3) is 0.600. The van der Waals surface area contributed by atoms with Gasteiger partial charge in [-0.15, -0.1) is 0 Å². The molecule has 0 radical (unpaired) electrons. The van der Waals surface area contributed by atoms with Gasteiger partial charge >= 0.3 is 0 Å². The number of ether oxygens (including phenoxy) is 2. The molecule has 1 aliphatic rings. The van der Waals surface area contributed by atoms with Crippen LogP contribution in [0, 0.1) is 5.41 Å². The summed E-state index contributed by atoms with van der Waals surface area (Å²) in [6.07, 6.45) is 5.11. The van der Waals surface area contributed by atoms with Crippen LogP contribution in [0.2, 0.25) is 0 Å². The van der Waals surface area contributed by atoms with Gasteiger partial charge in [0.2, 0.25) is 0 Å². The first-order valence-corrected chi connectivity index (χ1v) is 7.23. The predicted molar refractivity (Wildman–Crippen MR) is 77.4 cm³/mol. The highest BCUT2D eigenvalue weighted by Gasteiger charge is 2.33. The fourth-order valence-corrected chi connectivity index (χ4v) is 3.01. The number of benzene rings is 1.